The number of rotatable bonds is 6. The number of fused-ring (bicyclic) bond motifs is 1. The second-order valence-electron chi connectivity index (χ2n) is 9.90. The van der Waals surface area contributed by atoms with Crippen molar-refractivity contribution in [3.05, 3.63) is 58.8 Å². The number of nitrogens with one attached hydrogen (secondary N) is 1. The lowest BCUT2D eigenvalue weighted by atomic mass is 9.83. The van der Waals surface area contributed by atoms with E-state index in [4.69, 9.17) is 0 Å². The molecule has 6 nitrogen and oxygen atoms in total. The predicted octanol–water partition coefficient (Wildman–Crippen LogP) is 6.09. The molecular weight excluding hydrogens is 467 g/mol. The molecule has 9 heteroatoms. The summed E-state index contributed by atoms with van der Waals surface area (Å²) in [7, 11) is 0. The number of amides is 1. The van der Waals surface area contributed by atoms with Crippen LogP contribution in [-0.4, -0.2) is 38.8 Å². The molecule has 1 amide bonds. The maximum absolute atomic E-state index is 14.7. The lowest BCUT2D eigenvalue weighted by Crippen LogP contribution is -2.43. The number of carbonyl (C=O) groups excluding carboxylic acids is 1. The Morgan fingerprint density at radius 3 is 2.50 bits per heavy atom. The maximum Gasteiger partial charge on any atom is 0.266 e. The lowest BCUT2D eigenvalue weighted by Gasteiger charge is -2.36. The normalized spacial score (nSPS) is 17.9. The summed E-state index contributed by atoms with van der Waals surface area (Å²) >= 11 is 0. The zero-order valence-electron chi connectivity index (χ0n) is 20.5. The van der Waals surface area contributed by atoms with Crippen molar-refractivity contribution in [3.8, 4) is 0 Å². The molecule has 1 atom stereocenters. The van der Waals surface area contributed by atoms with Gasteiger partial charge >= 0.3 is 0 Å². The highest BCUT2D eigenvalue weighted by molar-refractivity contribution is 5.87. The van der Waals surface area contributed by atoms with Crippen LogP contribution in [-0.2, 0) is 4.79 Å². The van der Waals surface area contributed by atoms with E-state index in [2.05, 4.69) is 20.3 Å². The highest BCUT2D eigenvalue weighted by atomic mass is 19.3. The average Bonchev–Trinajstić information content (AvgIpc) is 2.82. The van der Waals surface area contributed by atoms with Crippen LogP contribution in [0.15, 0.2) is 30.5 Å². The molecule has 0 unspecified atom stereocenters. The highest BCUT2D eigenvalue weighted by Gasteiger charge is 2.32. The van der Waals surface area contributed by atoms with E-state index in [1.165, 1.54) is 12.1 Å². The Kier molecular flexibility index (Phi) is 6.81. The van der Waals surface area contributed by atoms with Crippen molar-refractivity contribution in [2.75, 3.05) is 18.4 Å². The summed E-state index contributed by atoms with van der Waals surface area (Å²) in [5, 5.41) is 3.90. The molecule has 3 heterocycles. The highest BCUT2D eigenvalue weighted by Crippen LogP contribution is 2.35. The van der Waals surface area contributed by atoms with Crippen LogP contribution < -0.4 is 5.32 Å². The molecule has 1 saturated heterocycles. The zero-order chi connectivity index (χ0) is 25.4. The Balaban J connectivity index is 1.37. The number of hydrogen-bond acceptors (Lipinski definition) is 5. The van der Waals surface area contributed by atoms with Crippen LogP contribution in [0.5, 0.6) is 0 Å². The van der Waals surface area contributed by atoms with Crippen LogP contribution >= 0.6 is 0 Å². The third-order valence-electron chi connectivity index (χ3n) is 7.53. The van der Waals surface area contributed by atoms with E-state index < -0.39 is 23.8 Å². The number of likely N-dealkylation sites (tertiary alicyclic amines) is 1. The molecule has 2 fully saturated rings. The summed E-state index contributed by atoms with van der Waals surface area (Å²) in [5.41, 5.74) is 1.09. The molecule has 0 bridgehead atoms. The van der Waals surface area contributed by atoms with Gasteiger partial charge in [-0.1, -0.05) is 24.6 Å². The molecule has 1 aliphatic heterocycles. The molecule has 1 N–H and O–H groups in total. The summed E-state index contributed by atoms with van der Waals surface area (Å²) < 4.78 is 41.1. The molecular formula is C27H30F3N5O. The van der Waals surface area contributed by atoms with E-state index in [1.54, 1.807) is 13.8 Å². The second kappa shape index (κ2) is 10.0. The van der Waals surface area contributed by atoms with Gasteiger partial charge in [-0.05, 0) is 57.1 Å². The van der Waals surface area contributed by atoms with E-state index in [-0.39, 0.29) is 17.4 Å². The van der Waals surface area contributed by atoms with Crippen LogP contribution in [0.4, 0.5) is 19.0 Å². The fourth-order valence-corrected chi connectivity index (χ4v) is 5.17. The fourth-order valence-electron chi connectivity index (χ4n) is 5.17. The van der Waals surface area contributed by atoms with Crippen LogP contribution in [0.3, 0.4) is 0 Å². The third kappa shape index (κ3) is 4.75. The van der Waals surface area contributed by atoms with Gasteiger partial charge < -0.3 is 10.2 Å². The quantitative estimate of drug-likeness (QED) is 0.446. The molecule has 1 aromatic carbocycles. The first kappa shape index (κ1) is 24.5. The van der Waals surface area contributed by atoms with Gasteiger partial charge in [0.15, 0.2) is 5.65 Å². The van der Waals surface area contributed by atoms with E-state index in [0.717, 1.165) is 56.8 Å². The SMILES string of the molecule is Cc1nc(N[C@H](C)c2cccc(C(F)F)c2F)c2cc(C3CCN(C(=O)C4CCC4)CC3)cnc2n1. The molecule has 190 valence electrons. The Morgan fingerprint density at radius 1 is 1.11 bits per heavy atom. The number of anilines is 1. The number of alkyl halides is 2. The van der Waals surface area contributed by atoms with Gasteiger partial charge in [0, 0.05) is 30.8 Å². The summed E-state index contributed by atoms with van der Waals surface area (Å²) in [6.07, 6.45) is 3.85. The molecule has 1 saturated carbocycles. The minimum absolute atomic E-state index is 0.143. The molecule has 36 heavy (non-hydrogen) atoms. The summed E-state index contributed by atoms with van der Waals surface area (Å²) in [5.74, 6) is 0.847. The molecule has 1 aliphatic carbocycles. The van der Waals surface area contributed by atoms with E-state index >= 15 is 0 Å². The molecule has 5 rings (SSSR count). The summed E-state index contributed by atoms with van der Waals surface area (Å²) in [6.45, 7) is 4.94. The number of pyridine rings is 1. The van der Waals surface area contributed by atoms with Gasteiger partial charge in [0.05, 0.1) is 17.0 Å². The Hall–Kier alpha value is -3.23. The van der Waals surface area contributed by atoms with E-state index in [0.29, 0.717) is 28.6 Å². The van der Waals surface area contributed by atoms with Crippen molar-refractivity contribution in [1.29, 1.82) is 0 Å². The minimum Gasteiger partial charge on any atom is -0.363 e. The van der Waals surface area contributed by atoms with Gasteiger partial charge in [0.25, 0.3) is 6.43 Å². The van der Waals surface area contributed by atoms with Gasteiger partial charge in [-0.3, -0.25) is 4.79 Å². The van der Waals surface area contributed by atoms with Crippen molar-refractivity contribution in [2.24, 2.45) is 5.92 Å². The van der Waals surface area contributed by atoms with Crippen LogP contribution in [0.2, 0.25) is 0 Å². The van der Waals surface area contributed by atoms with Crippen molar-refractivity contribution < 1.29 is 18.0 Å². The maximum atomic E-state index is 14.7. The van der Waals surface area contributed by atoms with Crippen LogP contribution in [0.1, 0.15) is 79.9 Å². The third-order valence-corrected chi connectivity index (χ3v) is 7.53. The van der Waals surface area contributed by atoms with Gasteiger partial charge in [0.1, 0.15) is 17.5 Å². The number of hydrogen-bond donors (Lipinski definition) is 1. The standard InChI is InChI=1S/C27H30F3N5O/c1-15(20-7-4-8-21(23(20)28)24(29)30)32-26-22-13-19(14-31-25(22)33-16(2)34-26)17-9-11-35(12-10-17)27(36)18-5-3-6-18/h4,7-8,13-15,17-18,24H,3,5-6,9-12H2,1-2H3,(H,31,32,33,34)/t15-/m1/s1. The van der Waals surface area contributed by atoms with E-state index in [9.17, 15) is 18.0 Å². The first-order valence-corrected chi connectivity index (χ1v) is 12.6. The van der Waals surface area contributed by atoms with E-state index in [1.807, 2.05) is 17.2 Å². The van der Waals surface area contributed by atoms with Crippen molar-refractivity contribution in [2.45, 2.75) is 64.3 Å². The monoisotopic (exact) mass is 497 g/mol. The molecule has 2 aromatic heterocycles. The van der Waals surface area contributed by atoms with Gasteiger partial charge in [-0.15, -0.1) is 0 Å². The van der Waals surface area contributed by atoms with Crippen molar-refractivity contribution >= 4 is 22.8 Å². The number of carbonyl (C=O) groups is 1. The Labute approximate surface area is 208 Å². The van der Waals surface area contributed by atoms with Crippen LogP contribution in [0, 0.1) is 18.7 Å². The average molecular weight is 498 g/mol. The smallest absolute Gasteiger partial charge is 0.266 e. The Bertz CT molecular complexity index is 1270. The number of aryl methyl sites for hydroxylation is 1. The number of aromatic nitrogens is 3. The first-order chi connectivity index (χ1) is 17.3. The number of benzene rings is 1. The minimum atomic E-state index is -2.89. The summed E-state index contributed by atoms with van der Waals surface area (Å²) in [6, 6.07) is 5.43. The predicted molar refractivity (Wildman–Crippen MR) is 131 cm³/mol. The molecule has 2 aliphatic rings. The van der Waals surface area contributed by atoms with Gasteiger partial charge in [-0.25, -0.2) is 28.1 Å². The Morgan fingerprint density at radius 2 is 1.83 bits per heavy atom. The number of halogens is 3. The molecule has 0 radical (unpaired) electrons. The van der Waals surface area contributed by atoms with Gasteiger partial charge in [0.2, 0.25) is 5.91 Å². The topological polar surface area (TPSA) is 71.0 Å². The molecule has 0 spiro atoms. The van der Waals surface area contributed by atoms with Gasteiger partial charge in [-0.2, -0.15) is 0 Å². The van der Waals surface area contributed by atoms with Crippen molar-refractivity contribution in [1.82, 2.24) is 19.9 Å². The fraction of sp³-hybridized carbons (Fsp3) is 0.481. The lowest BCUT2D eigenvalue weighted by molar-refractivity contribution is -0.139. The first-order valence-electron chi connectivity index (χ1n) is 12.6. The summed E-state index contributed by atoms with van der Waals surface area (Å²) in [4.78, 5) is 28.1. The second-order valence-corrected chi connectivity index (χ2v) is 9.90. The largest absolute Gasteiger partial charge is 0.363 e. The molecule has 3 aromatic rings. The van der Waals surface area contributed by atoms with Crippen LogP contribution in [0.25, 0.3) is 11.0 Å². The number of nitrogens with zero attached hydrogens (tertiary/aromatic N) is 4. The zero-order valence-corrected chi connectivity index (χ0v) is 20.5. The number of piperidine rings is 1. The van der Waals surface area contributed by atoms with Crippen molar-refractivity contribution in [3.63, 3.8) is 0 Å².